The summed E-state index contributed by atoms with van der Waals surface area (Å²) in [5.41, 5.74) is 0.636. The van der Waals surface area contributed by atoms with Crippen molar-refractivity contribution < 1.29 is 9.53 Å². The van der Waals surface area contributed by atoms with Crippen LogP contribution >= 0.6 is 12.4 Å². The normalized spacial score (nSPS) is 9.58. The van der Waals surface area contributed by atoms with Gasteiger partial charge < -0.3 is 15.4 Å². The van der Waals surface area contributed by atoms with E-state index in [4.69, 9.17) is 4.74 Å². The summed E-state index contributed by atoms with van der Waals surface area (Å²) in [6.07, 6.45) is 1.10. The van der Waals surface area contributed by atoms with Gasteiger partial charge in [0, 0.05) is 18.7 Å². The van der Waals surface area contributed by atoms with Crippen molar-refractivity contribution in [2.75, 3.05) is 26.2 Å². The Labute approximate surface area is 121 Å². The molecule has 1 aromatic carbocycles. The number of amides is 1. The molecular formula is C14H23ClN2O2. The molecule has 4 nitrogen and oxygen atoms in total. The summed E-state index contributed by atoms with van der Waals surface area (Å²) in [6.45, 7) is 7.06. The smallest absolute Gasteiger partial charge is 0.251 e. The third kappa shape index (κ3) is 7.03. The lowest BCUT2D eigenvalue weighted by atomic mass is 10.2. The Hall–Kier alpha value is -1.26. The van der Waals surface area contributed by atoms with Crippen LogP contribution in [0.4, 0.5) is 0 Å². The Kier molecular flexibility index (Phi) is 9.94. The van der Waals surface area contributed by atoms with Crippen molar-refractivity contribution in [2.24, 2.45) is 0 Å². The van der Waals surface area contributed by atoms with Gasteiger partial charge in [0.25, 0.3) is 5.91 Å². The van der Waals surface area contributed by atoms with Gasteiger partial charge in [0.05, 0.1) is 6.61 Å². The topological polar surface area (TPSA) is 50.4 Å². The van der Waals surface area contributed by atoms with Crippen molar-refractivity contribution >= 4 is 18.3 Å². The van der Waals surface area contributed by atoms with Crippen LogP contribution in [0, 0.1) is 0 Å². The highest BCUT2D eigenvalue weighted by Gasteiger charge is 2.05. The SMILES string of the molecule is CCCNCCNC(=O)c1cccc(OCC)c1.Cl. The summed E-state index contributed by atoms with van der Waals surface area (Å²) in [5, 5.41) is 6.10. The van der Waals surface area contributed by atoms with E-state index in [9.17, 15) is 4.79 Å². The number of hydrogen-bond acceptors (Lipinski definition) is 3. The molecule has 108 valence electrons. The molecular weight excluding hydrogens is 264 g/mol. The number of benzene rings is 1. The van der Waals surface area contributed by atoms with E-state index in [1.807, 2.05) is 19.1 Å². The number of rotatable bonds is 8. The van der Waals surface area contributed by atoms with E-state index in [1.165, 1.54) is 0 Å². The molecule has 0 aliphatic carbocycles. The van der Waals surface area contributed by atoms with Crippen molar-refractivity contribution in [2.45, 2.75) is 20.3 Å². The van der Waals surface area contributed by atoms with Gasteiger partial charge in [0.1, 0.15) is 5.75 Å². The molecule has 5 heteroatoms. The molecule has 0 aliphatic heterocycles. The first-order chi connectivity index (χ1) is 8.77. The molecule has 0 spiro atoms. The maximum absolute atomic E-state index is 11.8. The Morgan fingerprint density at radius 2 is 2.00 bits per heavy atom. The second kappa shape index (κ2) is 10.6. The van der Waals surface area contributed by atoms with E-state index in [2.05, 4.69) is 17.6 Å². The van der Waals surface area contributed by atoms with E-state index in [0.29, 0.717) is 18.7 Å². The maximum Gasteiger partial charge on any atom is 0.251 e. The predicted molar refractivity (Wildman–Crippen MR) is 80.4 cm³/mol. The van der Waals surface area contributed by atoms with Crippen LogP contribution in [-0.4, -0.2) is 32.1 Å². The number of halogens is 1. The second-order valence-electron chi connectivity index (χ2n) is 3.97. The van der Waals surface area contributed by atoms with Crippen LogP contribution in [0.15, 0.2) is 24.3 Å². The van der Waals surface area contributed by atoms with Gasteiger partial charge in [-0.25, -0.2) is 0 Å². The number of nitrogens with one attached hydrogen (secondary N) is 2. The third-order valence-corrected chi connectivity index (χ3v) is 2.42. The molecule has 1 aromatic rings. The van der Waals surface area contributed by atoms with Crippen LogP contribution in [0.1, 0.15) is 30.6 Å². The highest BCUT2D eigenvalue weighted by molar-refractivity contribution is 5.94. The Balaban J connectivity index is 0.00000324. The molecule has 2 N–H and O–H groups in total. The van der Waals surface area contributed by atoms with Gasteiger partial charge in [-0.05, 0) is 38.1 Å². The lowest BCUT2D eigenvalue weighted by Gasteiger charge is -2.08. The van der Waals surface area contributed by atoms with Crippen LogP contribution < -0.4 is 15.4 Å². The Morgan fingerprint density at radius 1 is 1.21 bits per heavy atom. The first kappa shape index (κ1) is 17.7. The average molecular weight is 287 g/mol. The fourth-order valence-electron chi connectivity index (χ4n) is 1.56. The number of carbonyl (C=O) groups excluding carboxylic acids is 1. The molecule has 19 heavy (non-hydrogen) atoms. The maximum atomic E-state index is 11.8. The largest absolute Gasteiger partial charge is 0.494 e. The van der Waals surface area contributed by atoms with Crippen LogP contribution in [0.2, 0.25) is 0 Å². The fraction of sp³-hybridized carbons (Fsp3) is 0.500. The van der Waals surface area contributed by atoms with Crippen LogP contribution in [0.3, 0.4) is 0 Å². The van der Waals surface area contributed by atoms with Crippen LogP contribution in [0.5, 0.6) is 5.75 Å². The minimum absolute atomic E-state index is 0. The van der Waals surface area contributed by atoms with E-state index < -0.39 is 0 Å². The van der Waals surface area contributed by atoms with Crippen molar-refractivity contribution in [3.8, 4) is 5.75 Å². The minimum Gasteiger partial charge on any atom is -0.494 e. The van der Waals surface area contributed by atoms with E-state index in [1.54, 1.807) is 12.1 Å². The van der Waals surface area contributed by atoms with Crippen molar-refractivity contribution in [3.63, 3.8) is 0 Å². The lowest BCUT2D eigenvalue weighted by Crippen LogP contribution is -2.32. The molecule has 0 atom stereocenters. The Bertz CT molecular complexity index is 372. The number of ether oxygens (including phenoxy) is 1. The van der Waals surface area contributed by atoms with E-state index >= 15 is 0 Å². The summed E-state index contributed by atoms with van der Waals surface area (Å²) in [4.78, 5) is 11.8. The minimum atomic E-state index is -0.0603. The third-order valence-electron chi connectivity index (χ3n) is 2.42. The monoisotopic (exact) mass is 286 g/mol. The average Bonchev–Trinajstić information content (AvgIpc) is 2.39. The molecule has 0 aliphatic rings. The van der Waals surface area contributed by atoms with E-state index in [-0.39, 0.29) is 18.3 Å². The van der Waals surface area contributed by atoms with Gasteiger partial charge in [-0.1, -0.05) is 13.0 Å². The number of carbonyl (C=O) groups is 1. The van der Waals surface area contributed by atoms with Gasteiger partial charge in [-0.3, -0.25) is 4.79 Å². The molecule has 0 saturated carbocycles. The van der Waals surface area contributed by atoms with Crippen LogP contribution in [0.25, 0.3) is 0 Å². The summed E-state index contributed by atoms with van der Waals surface area (Å²) in [7, 11) is 0. The molecule has 0 unspecified atom stereocenters. The Morgan fingerprint density at radius 3 is 2.68 bits per heavy atom. The zero-order chi connectivity index (χ0) is 13.2. The van der Waals surface area contributed by atoms with Gasteiger partial charge in [0.2, 0.25) is 0 Å². The molecule has 1 rings (SSSR count). The quantitative estimate of drug-likeness (QED) is 0.721. The summed E-state index contributed by atoms with van der Waals surface area (Å²) < 4.78 is 5.36. The summed E-state index contributed by atoms with van der Waals surface area (Å²) in [5.74, 6) is 0.670. The molecule has 1 amide bonds. The van der Waals surface area contributed by atoms with Gasteiger partial charge >= 0.3 is 0 Å². The van der Waals surface area contributed by atoms with Crippen molar-refractivity contribution in [3.05, 3.63) is 29.8 Å². The highest BCUT2D eigenvalue weighted by atomic mass is 35.5. The second-order valence-corrected chi connectivity index (χ2v) is 3.97. The van der Waals surface area contributed by atoms with Crippen molar-refractivity contribution in [1.29, 1.82) is 0 Å². The summed E-state index contributed by atoms with van der Waals surface area (Å²) in [6, 6.07) is 7.23. The van der Waals surface area contributed by atoms with E-state index in [0.717, 1.165) is 25.3 Å². The fourth-order valence-corrected chi connectivity index (χ4v) is 1.56. The number of hydrogen-bond donors (Lipinski definition) is 2. The molecule has 0 bridgehead atoms. The molecule has 0 aromatic heterocycles. The first-order valence-electron chi connectivity index (χ1n) is 6.49. The lowest BCUT2D eigenvalue weighted by molar-refractivity contribution is 0.0953. The zero-order valence-electron chi connectivity index (χ0n) is 11.6. The van der Waals surface area contributed by atoms with Crippen LogP contribution in [-0.2, 0) is 0 Å². The van der Waals surface area contributed by atoms with Crippen molar-refractivity contribution in [1.82, 2.24) is 10.6 Å². The first-order valence-corrected chi connectivity index (χ1v) is 6.49. The summed E-state index contributed by atoms with van der Waals surface area (Å²) >= 11 is 0. The van der Waals surface area contributed by atoms with Gasteiger partial charge in [0.15, 0.2) is 0 Å². The van der Waals surface area contributed by atoms with Gasteiger partial charge in [-0.15, -0.1) is 12.4 Å². The standard InChI is InChI=1S/C14H22N2O2.ClH/c1-3-8-15-9-10-16-14(17)12-6-5-7-13(11-12)18-4-2;/h5-7,11,15H,3-4,8-10H2,1-2H3,(H,16,17);1H. The van der Waals surface area contributed by atoms with Gasteiger partial charge in [-0.2, -0.15) is 0 Å². The molecule has 0 saturated heterocycles. The molecule has 0 fully saturated rings. The molecule has 0 heterocycles. The predicted octanol–water partition coefficient (Wildman–Crippen LogP) is 2.24. The zero-order valence-corrected chi connectivity index (χ0v) is 12.4. The molecule has 0 radical (unpaired) electrons. The highest BCUT2D eigenvalue weighted by Crippen LogP contribution is 2.12.